The summed E-state index contributed by atoms with van der Waals surface area (Å²) in [7, 11) is 0. The lowest BCUT2D eigenvalue weighted by molar-refractivity contribution is -0.163. The summed E-state index contributed by atoms with van der Waals surface area (Å²) in [4.78, 5) is 14.9. The van der Waals surface area contributed by atoms with Crippen molar-refractivity contribution in [3.05, 3.63) is 47.5 Å². The largest absolute Gasteiger partial charge is 0.394 e. The number of hydrogen-bond donors (Lipinski definition) is 4. The summed E-state index contributed by atoms with van der Waals surface area (Å²) in [5.74, 6) is -0.674. The predicted molar refractivity (Wildman–Crippen MR) is 122 cm³/mol. The van der Waals surface area contributed by atoms with E-state index >= 15 is 0 Å². The Hall–Kier alpha value is -2.96. The summed E-state index contributed by atoms with van der Waals surface area (Å²) in [6.45, 7) is 5.53. The third-order valence-corrected chi connectivity index (χ3v) is 5.78. The number of benzene rings is 2. The van der Waals surface area contributed by atoms with Gasteiger partial charge in [-0.2, -0.15) is 5.26 Å². The van der Waals surface area contributed by atoms with Gasteiger partial charge in [0.1, 0.15) is 30.0 Å². The topological polar surface area (TPSA) is 126 Å². The highest BCUT2D eigenvalue weighted by molar-refractivity contribution is 6.02. The lowest BCUT2D eigenvalue weighted by Crippen LogP contribution is -2.60. The van der Waals surface area contributed by atoms with Crippen molar-refractivity contribution in [2.24, 2.45) is 0 Å². The zero-order valence-corrected chi connectivity index (χ0v) is 18.2. The smallest absolute Gasteiger partial charge is 0.262 e. The molecule has 0 radical (unpaired) electrons. The van der Waals surface area contributed by atoms with E-state index in [9.17, 15) is 20.3 Å². The van der Waals surface area contributed by atoms with Crippen LogP contribution in [0.1, 0.15) is 19.4 Å². The number of fused-ring (bicyclic) bond motifs is 1. The molecule has 32 heavy (non-hydrogen) atoms. The average Bonchev–Trinajstić information content (AvgIpc) is 2.81. The van der Waals surface area contributed by atoms with Gasteiger partial charge in [-0.3, -0.25) is 4.79 Å². The van der Waals surface area contributed by atoms with E-state index in [1.165, 1.54) is 6.08 Å². The molecule has 1 aliphatic heterocycles. The van der Waals surface area contributed by atoms with Crippen molar-refractivity contribution in [1.82, 2.24) is 5.32 Å². The normalized spacial score (nSPS) is 23.6. The first-order valence-electron chi connectivity index (χ1n) is 10.7. The molecule has 8 nitrogen and oxygen atoms in total. The quantitative estimate of drug-likeness (QED) is 0.377. The van der Waals surface area contributed by atoms with Gasteiger partial charge < -0.3 is 30.3 Å². The van der Waals surface area contributed by atoms with Gasteiger partial charge >= 0.3 is 0 Å². The maximum atomic E-state index is 12.6. The molecule has 0 spiro atoms. The summed E-state index contributed by atoms with van der Waals surface area (Å²) in [5, 5.41) is 43.4. The second-order valence-corrected chi connectivity index (χ2v) is 7.75. The van der Waals surface area contributed by atoms with Gasteiger partial charge in [-0.15, -0.1) is 0 Å². The Morgan fingerprint density at radius 3 is 2.53 bits per heavy atom. The Morgan fingerprint density at radius 1 is 1.19 bits per heavy atom. The van der Waals surface area contributed by atoms with Crippen LogP contribution in [0, 0.1) is 11.3 Å². The Balaban J connectivity index is 1.77. The molecular weight excluding hydrogens is 410 g/mol. The van der Waals surface area contributed by atoms with Crippen LogP contribution in [-0.2, 0) is 9.53 Å². The molecule has 2 aromatic carbocycles. The molecule has 4 N–H and O–H groups in total. The van der Waals surface area contributed by atoms with E-state index in [4.69, 9.17) is 9.84 Å². The van der Waals surface area contributed by atoms with Crippen LogP contribution < -0.4 is 10.2 Å². The van der Waals surface area contributed by atoms with E-state index in [1.54, 1.807) is 0 Å². The molecular formula is C24H29N3O5. The molecule has 8 heteroatoms. The Bertz CT molecular complexity index is 1030. The lowest BCUT2D eigenvalue weighted by atomic mass is 9.98. The van der Waals surface area contributed by atoms with Gasteiger partial charge in [0.2, 0.25) is 0 Å². The lowest BCUT2D eigenvalue weighted by Gasteiger charge is -2.37. The van der Waals surface area contributed by atoms with Crippen LogP contribution in [0.4, 0.5) is 5.69 Å². The molecule has 1 amide bonds. The zero-order chi connectivity index (χ0) is 23.3. The van der Waals surface area contributed by atoms with E-state index < -0.39 is 36.9 Å². The van der Waals surface area contributed by atoms with Crippen LogP contribution in [0.5, 0.6) is 0 Å². The molecule has 1 fully saturated rings. The van der Waals surface area contributed by atoms with E-state index in [0.29, 0.717) is 5.56 Å². The minimum atomic E-state index is -1.34. The number of carbonyl (C=O) groups excluding carboxylic acids is 1. The van der Waals surface area contributed by atoms with Crippen molar-refractivity contribution in [1.29, 1.82) is 5.26 Å². The van der Waals surface area contributed by atoms with E-state index in [0.717, 1.165) is 29.5 Å². The van der Waals surface area contributed by atoms with Crippen LogP contribution in [0.3, 0.4) is 0 Å². The Labute approximate surface area is 187 Å². The van der Waals surface area contributed by atoms with E-state index in [-0.39, 0.29) is 12.2 Å². The maximum absolute atomic E-state index is 12.6. The third-order valence-electron chi connectivity index (χ3n) is 5.78. The molecule has 2 aromatic rings. The minimum absolute atomic E-state index is 0.0846. The van der Waals surface area contributed by atoms with Gasteiger partial charge in [-0.25, -0.2) is 0 Å². The number of aliphatic hydroxyl groups excluding tert-OH is 3. The predicted octanol–water partition coefficient (Wildman–Crippen LogP) is 1.19. The molecule has 0 bridgehead atoms. The summed E-state index contributed by atoms with van der Waals surface area (Å²) in [6, 6.07) is 12.9. The second kappa shape index (κ2) is 10.6. The van der Waals surface area contributed by atoms with Crippen molar-refractivity contribution >= 4 is 28.4 Å². The van der Waals surface area contributed by atoms with Crippen molar-refractivity contribution in [2.45, 2.75) is 38.2 Å². The van der Waals surface area contributed by atoms with Crippen molar-refractivity contribution in [3.63, 3.8) is 0 Å². The van der Waals surface area contributed by atoms with Crippen LogP contribution in [0.15, 0.2) is 42.0 Å². The molecule has 1 heterocycles. The van der Waals surface area contributed by atoms with Gasteiger partial charge in [-0.1, -0.05) is 18.2 Å². The van der Waals surface area contributed by atoms with Crippen molar-refractivity contribution in [2.75, 3.05) is 31.2 Å². The van der Waals surface area contributed by atoms with Gasteiger partial charge in [0.25, 0.3) is 5.91 Å². The molecule has 1 aliphatic rings. The summed E-state index contributed by atoms with van der Waals surface area (Å²) in [6.07, 6.45) is -2.08. The van der Waals surface area contributed by atoms with Crippen LogP contribution in [0.25, 0.3) is 16.8 Å². The fourth-order valence-electron chi connectivity index (χ4n) is 3.86. The number of nitrogens with one attached hydrogen (secondary N) is 1. The molecule has 4 unspecified atom stereocenters. The molecule has 4 atom stereocenters. The first kappa shape index (κ1) is 23.7. The Morgan fingerprint density at radius 2 is 1.88 bits per heavy atom. The number of rotatable bonds is 7. The average molecular weight is 440 g/mol. The number of ether oxygens (including phenoxy) is 1. The van der Waals surface area contributed by atoms with Gasteiger partial charge in [-0.05, 0) is 54.5 Å². The first-order valence-corrected chi connectivity index (χ1v) is 10.7. The van der Waals surface area contributed by atoms with Crippen LogP contribution >= 0.6 is 0 Å². The monoisotopic (exact) mass is 439 g/mol. The second-order valence-electron chi connectivity index (χ2n) is 7.75. The van der Waals surface area contributed by atoms with Gasteiger partial charge in [0, 0.05) is 18.8 Å². The van der Waals surface area contributed by atoms with Crippen LogP contribution in [0.2, 0.25) is 0 Å². The van der Waals surface area contributed by atoms with E-state index in [2.05, 4.69) is 36.2 Å². The fourth-order valence-corrected chi connectivity index (χ4v) is 3.86. The number of carbonyl (C=O) groups is 1. The zero-order valence-electron chi connectivity index (χ0n) is 18.2. The number of amides is 1. The summed E-state index contributed by atoms with van der Waals surface area (Å²) in [5.41, 5.74) is 1.71. The fraction of sp³-hybridized carbons (Fsp3) is 0.417. The SMILES string of the molecule is CCN(CC)c1ccc2cc(C=C(C#N)C(=O)NC3COC(CO)C(O)C3O)ccc2c1. The van der Waals surface area contributed by atoms with Gasteiger partial charge in [0.15, 0.2) is 0 Å². The molecule has 170 valence electrons. The standard InChI is InChI=1S/C24H29N3O5/c1-3-27(4-2)19-8-7-16-9-15(5-6-17(16)11-19)10-18(12-25)24(31)26-20-14-32-21(13-28)23(30)22(20)29/h5-11,20-23,28-30H,3-4,13-14H2,1-2H3,(H,26,31). The first-order chi connectivity index (χ1) is 15.4. The molecule has 0 aliphatic carbocycles. The molecule has 0 aromatic heterocycles. The van der Waals surface area contributed by atoms with Gasteiger partial charge in [0.05, 0.1) is 19.3 Å². The van der Waals surface area contributed by atoms with Crippen molar-refractivity contribution < 1.29 is 24.9 Å². The van der Waals surface area contributed by atoms with E-state index in [1.807, 2.05) is 30.3 Å². The number of anilines is 1. The number of nitrogens with zero attached hydrogens (tertiary/aromatic N) is 2. The molecule has 0 saturated carbocycles. The maximum Gasteiger partial charge on any atom is 0.262 e. The number of aliphatic hydroxyl groups is 3. The third kappa shape index (κ3) is 5.09. The highest BCUT2D eigenvalue weighted by atomic mass is 16.5. The highest BCUT2D eigenvalue weighted by Crippen LogP contribution is 2.24. The number of hydrogen-bond acceptors (Lipinski definition) is 7. The highest BCUT2D eigenvalue weighted by Gasteiger charge is 2.39. The van der Waals surface area contributed by atoms with Crippen LogP contribution in [-0.4, -0.2) is 71.9 Å². The molecule has 3 rings (SSSR count). The minimum Gasteiger partial charge on any atom is -0.394 e. The Kier molecular flexibility index (Phi) is 7.83. The summed E-state index contributed by atoms with van der Waals surface area (Å²) < 4.78 is 5.27. The van der Waals surface area contributed by atoms with Crippen molar-refractivity contribution in [3.8, 4) is 6.07 Å². The summed E-state index contributed by atoms with van der Waals surface area (Å²) >= 11 is 0. The molecule has 1 saturated heterocycles. The number of nitriles is 1.